The highest BCUT2D eigenvalue weighted by molar-refractivity contribution is 8.01. The molecule has 1 atom stereocenters. The lowest BCUT2D eigenvalue weighted by molar-refractivity contribution is -0.142. The van der Waals surface area contributed by atoms with E-state index in [1.807, 2.05) is 19.1 Å². The van der Waals surface area contributed by atoms with E-state index in [-0.39, 0.29) is 17.5 Å². The molecule has 38 heavy (non-hydrogen) atoms. The summed E-state index contributed by atoms with van der Waals surface area (Å²) in [5.74, 6) is -0.366. The van der Waals surface area contributed by atoms with Crippen LogP contribution in [-0.2, 0) is 14.3 Å². The number of rotatable bonds is 9. The summed E-state index contributed by atoms with van der Waals surface area (Å²) in [5, 5.41) is 8.33. The van der Waals surface area contributed by atoms with Gasteiger partial charge in [-0.2, -0.15) is 0 Å². The average Bonchev–Trinajstić information content (AvgIpc) is 3.53. The van der Waals surface area contributed by atoms with E-state index >= 15 is 0 Å². The Bertz CT molecular complexity index is 1170. The van der Waals surface area contributed by atoms with Crippen LogP contribution in [-0.4, -0.2) is 53.4 Å². The van der Waals surface area contributed by atoms with Crippen molar-refractivity contribution in [2.24, 2.45) is 5.92 Å². The van der Waals surface area contributed by atoms with Crippen molar-refractivity contribution in [3.63, 3.8) is 0 Å². The lowest BCUT2D eigenvalue weighted by Crippen LogP contribution is -2.45. The molecule has 0 saturated heterocycles. The number of esters is 1. The number of methoxy groups -OCH3 is 1. The fourth-order valence-corrected chi connectivity index (χ4v) is 5.84. The van der Waals surface area contributed by atoms with E-state index in [4.69, 9.17) is 9.47 Å². The summed E-state index contributed by atoms with van der Waals surface area (Å²) < 4.78 is 10.7. The predicted octanol–water partition coefficient (Wildman–Crippen LogP) is 5.63. The van der Waals surface area contributed by atoms with E-state index in [0.29, 0.717) is 20.6 Å². The van der Waals surface area contributed by atoms with Crippen LogP contribution in [0, 0.1) is 12.8 Å². The molecule has 3 amide bonds. The number of carbonyl (C=O) groups excluding carboxylic acids is 4. The molecule has 1 saturated carbocycles. The van der Waals surface area contributed by atoms with Gasteiger partial charge in [0, 0.05) is 17.2 Å². The largest absolute Gasteiger partial charge is 0.467 e. The number of nitrogens with one attached hydrogen (secondary N) is 3. The molecule has 0 unspecified atom stereocenters. The number of amides is 3. The number of hydrogen-bond donors (Lipinski definition) is 3. The Hall–Kier alpha value is -3.12. The molecule has 1 aliphatic carbocycles. The number of aromatic nitrogens is 1. The second kappa shape index (κ2) is 13.1. The molecule has 3 rings (SSSR count). The highest BCUT2D eigenvalue weighted by atomic mass is 32.2. The Morgan fingerprint density at radius 2 is 1.87 bits per heavy atom. The number of urea groups is 1. The van der Waals surface area contributed by atoms with Gasteiger partial charge < -0.3 is 20.1 Å². The zero-order valence-electron chi connectivity index (χ0n) is 22.2. The Labute approximate surface area is 230 Å². The molecule has 0 spiro atoms. The molecule has 1 aromatic carbocycles. The van der Waals surface area contributed by atoms with Crippen LogP contribution in [0.25, 0.3) is 0 Å². The third kappa shape index (κ3) is 8.73. The summed E-state index contributed by atoms with van der Waals surface area (Å²) in [6, 6.07) is 3.96. The Kier molecular flexibility index (Phi) is 10.1. The first-order valence-electron chi connectivity index (χ1n) is 12.3. The fraction of sp³-hybridized carbons (Fsp3) is 0.500. The van der Waals surface area contributed by atoms with Crippen LogP contribution in [0.1, 0.15) is 62.4 Å². The minimum atomic E-state index is -0.931. The first-order valence-corrected chi connectivity index (χ1v) is 14.1. The number of anilines is 2. The number of aryl methyl sites for hydroxylation is 1. The lowest BCUT2D eigenvalue weighted by atomic mass is 9.94. The molecule has 3 N–H and O–H groups in total. The van der Waals surface area contributed by atoms with Crippen LogP contribution >= 0.6 is 23.1 Å². The van der Waals surface area contributed by atoms with E-state index in [9.17, 15) is 19.2 Å². The smallest absolute Gasteiger partial charge is 0.408 e. The maximum atomic E-state index is 13.0. The molecular weight excluding hydrogens is 528 g/mol. The third-order valence-corrected chi connectivity index (χ3v) is 7.89. The number of thioether (sulfide) groups is 1. The number of benzene rings is 1. The van der Waals surface area contributed by atoms with Crippen LogP contribution in [0.4, 0.5) is 20.4 Å². The van der Waals surface area contributed by atoms with E-state index in [1.54, 1.807) is 33.0 Å². The standard InChI is InChI=1S/C26H34N4O6S2/c1-15-10-11-18(17(12-15)21(31)16-8-6-7-9-16)28-23(33)30-24-27-13-20(38-24)37-14-19(22(32)35-5)29-25(34)36-26(2,3)4/h10-13,16,19H,6-9,14H2,1-5H3,(H,29,34)(H2,27,28,30,33)/t19-/m1/s1. The second-order valence-corrected chi connectivity index (χ2v) is 12.3. The third-order valence-electron chi connectivity index (χ3n) is 5.69. The van der Waals surface area contributed by atoms with Crippen molar-refractivity contribution < 1.29 is 28.7 Å². The van der Waals surface area contributed by atoms with Gasteiger partial charge in [0.05, 0.1) is 23.2 Å². The summed E-state index contributed by atoms with van der Waals surface area (Å²) >= 11 is 2.49. The van der Waals surface area contributed by atoms with Gasteiger partial charge >= 0.3 is 18.1 Å². The van der Waals surface area contributed by atoms with Gasteiger partial charge in [0.25, 0.3) is 0 Å². The molecule has 10 nitrogen and oxygen atoms in total. The second-order valence-electron chi connectivity index (χ2n) is 9.99. The maximum absolute atomic E-state index is 13.0. The number of nitrogens with zero attached hydrogens (tertiary/aromatic N) is 1. The molecule has 0 aliphatic heterocycles. The number of Topliss-reactive ketones (excluding diaryl/α,β-unsaturated/α-hetero) is 1. The van der Waals surface area contributed by atoms with Gasteiger partial charge in [-0.3, -0.25) is 10.1 Å². The summed E-state index contributed by atoms with van der Waals surface area (Å²) in [6.07, 6.45) is 4.69. The normalized spacial score (nSPS) is 14.4. The average molecular weight is 563 g/mol. The van der Waals surface area contributed by atoms with Crippen molar-refractivity contribution in [2.75, 3.05) is 23.5 Å². The van der Waals surface area contributed by atoms with E-state index in [2.05, 4.69) is 20.9 Å². The molecular formula is C26H34N4O6S2. The van der Waals surface area contributed by atoms with E-state index < -0.39 is 29.7 Å². The molecule has 2 aromatic rings. The molecule has 1 aromatic heterocycles. The number of hydrogen-bond acceptors (Lipinski definition) is 9. The van der Waals surface area contributed by atoms with Crippen LogP contribution in [0.2, 0.25) is 0 Å². The van der Waals surface area contributed by atoms with Gasteiger partial charge in [0.1, 0.15) is 11.6 Å². The van der Waals surface area contributed by atoms with Crippen LogP contribution in [0.3, 0.4) is 0 Å². The van der Waals surface area contributed by atoms with Crippen molar-refractivity contribution in [3.8, 4) is 0 Å². The van der Waals surface area contributed by atoms with Crippen molar-refractivity contribution in [1.29, 1.82) is 0 Å². The zero-order chi connectivity index (χ0) is 27.9. The molecule has 1 fully saturated rings. The summed E-state index contributed by atoms with van der Waals surface area (Å²) in [7, 11) is 1.24. The molecule has 1 aliphatic rings. The summed E-state index contributed by atoms with van der Waals surface area (Å²) in [6.45, 7) is 7.09. The van der Waals surface area contributed by atoms with Gasteiger partial charge in [0.2, 0.25) is 0 Å². The number of alkyl carbamates (subject to hydrolysis) is 1. The molecule has 206 valence electrons. The Morgan fingerprint density at radius 1 is 1.16 bits per heavy atom. The molecule has 1 heterocycles. The maximum Gasteiger partial charge on any atom is 0.408 e. The summed E-state index contributed by atoms with van der Waals surface area (Å²) in [4.78, 5) is 54.2. The number of ketones is 1. The minimum absolute atomic E-state index is 0.00224. The SMILES string of the molecule is COC(=O)[C@@H](CSc1cnc(NC(=O)Nc2ccc(C)cc2C(=O)C2CCCC2)s1)NC(=O)OC(C)(C)C. The monoisotopic (exact) mass is 562 g/mol. The molecule has 0 bridgehead atoms. The first kappa shape index (κ1) is 29.4. The predicted molar refractivity (Wildman–Crippen MR) is 148 cm³/mol. The molecule has 0 radical (unpaired) electrons. The van der Waals surface area contributed by atoms with Gasteiger partial charge in [-0.15, -0.1) is 11.8 Å². The van der Waals surface area contributed by atoms with Crippen molar-refractivity contribution in [3.05, 3.63) is 35.5 Å². The zero-order valence-corrected chi connectivity index (χ0v) is 23.8. The van der Waals surface area contributed by atoms with Crippen LogP contribution in [0.15, 0.2) is 28.6 Å². The highest BCUT2D eigenvalue weighted by Gasteiger charge is 2.27. The minimum Gasteiger partial charge on any atom is -0.467 e. The van der Waals surface area contributed by atoms with Crippen molar-refractivity contribution in [1.82, 2.24) is 10.3 Å². The number of carbonyl (C=O) groups is 4. The van der Waals surface area contributed by atoms with Crippen molar-refractivity contribution >= 4 is 57.8 Å². The lowest BCUT2D eigenvalue weighted by Gasteiger charge is -2.22. The summed E-state index contributed by atoms with van der Waals surface area (Å²) in [5.41, 5.74) is 1.23. The van der Waals surface area contributed by atoms with Gasteiger partial charge in [-0.05, 0) is 52.7 Å². The first-order chi connectivity index (χ1) is 17.9. The van der Waals surface area contributed by atoms with Gasteiger partial charge in [-0.1, -0.05) is 35.8 Å². The van der Waals surface area contributed by atoms with Gasteiger partial charge in [-0.25, -0.2) is 19.4 Å². The van der Waals surface area contributed by atoms with E-state index in [0.717, 1.165) is 31.2 Å². The Morgan fingerprint density at radius 3 is 2.53 bits per heavy atom. The number of ether oxygens (including phenoxy) is 2. The quantitative estimate of drug-likeness (QED) is 0.203. The van der Waals surface area contributed by atoms with Crippen LogP contribution < -0.4 is 16.0 Å². The topological polar surface area (TPSA) is 136 Å². The van der Waals surface area contributed by atoms with Crippen molar-refractivity contribution in [2.45, 2.75) is 69.2 Å². The van der Waals surface area contributed by atoms with Gasteiger partial charge in [0.15, 0.2) is 10.9 Å². The highest BCUT2D eigenvalue weighted by Crippen LogP contribution is 2.32. The van der Waals surface area contributed by atoms with Crippen LogP contribution in [0.5, 0.6) is 0 Å². The molecule has 12 heteroatoms. The fourth-order valence-electron chi connectivity index (χ4n) is 3.94. The Balaban J connectivity index is 1.59. The van der Waals surface area contributed by atoms with E-state index in [1.165, 1.54) is 30.2 Å². The number of thiazole rings is 1.